The summed E-state index contributed by atoms with van der Waals surface area (Å²) in [5.41, 5.74) is 1.54. The van der Waals surface area contributed by atoms with Crippen molar-refractivity contribution in [3.63, 3.8) is 0 Å². The zero-order valence-corrected chi connectivity index (χ0v) is 19.5. The Hall–Kier alpha value is -3.75. The van der Waals surface area contributed by atoms with Crippen LogP contribution < -0.4 is 9.64 Å². The number of carbonyl (C=O) groups is 2. The Labute approximate surface area is 203 Å². The van der Waals surface area contributed by atoms with Crippen LogP contribution in [0.2, 0.25) is 5.02 Å². The highest BCUT2D eigenvalue weighted by Crippen LogP contribution is 2.44. The number of hydrogen-bond donors (Lipinski definition) is 1. The van der Waals surface area contributed by atoms with Gasteiger partial charge in [-0.05, 0) is 48.9 Å². The van der Waals surface area contributed by atoms with E-state index >= 15 is 0 Å². The highest BCUT2D eigenvalue weighted by Gasteiger charge is 2.48. The average molecular weight is 492 g/mol. The number of benzene rings is 2. The Morgan fingerprint density at radius 3 is 2.74 bits per heavy atom. The van der Waals surface area contributed by atoms with Gasteiger partial charge in [0.25, 0.3) is 5.78 Å². The minimum atomic E-state index is -0.902. The lowest BCUT2D eigenvalue weighted by molar-refractivity contribution is -0.132. The monoisotopic (exact) mass is 491 g/mol. The lowest BCUT2D eigenvalue weighted by Gasteiger charge is -2.22. The number of nitrogens with zero attached hydrogens (tertiary/aromatic N) is 3. The lowest BCUT2D eigenvalue weighted by atomic mass is 9.96. The van der Waals surface area contributed by atoms with Gasteiger partial charge in [-0.1, -0.05) is 41.1 Å². The van der Waals surface area contributed by atoms with Crippen LogP contribution in [0.4, 0.5) is 5.13 Å². The van der Waals surface area contributed by atoms with Crippen LogP contribution in [-0.4, -0.2) is 33.4 Å². The number of ketones is 1. The summed E-state index contributed by atoms with van der Waals surface area (Å²) in [6, 6.07) is 14.7. The van der Waals surface area contributed by atoms with E-state index in [1.807, 2.05) is 31.2 Å². The number of amides is 1. The molecule has 0 saturated carbocycles. The topological polar surface area (TPSA) is 92.6 Å². The quantitative estimate of drug-likeness (QED) is 0.229. The fraction of sp³-hybridized carbons (Fsp3) is 0.120. The van der Waals surface area contributed by atoms with Crippen molar-refractivity contribution in [3.8, 4) is 5.75 Å². The number of aliphatic hydroxyl groups excluding tert-OH is 1. The number of fused-ring (bicyclic) bond motifs is 1. The van der Waals surface area contributed by atoms with E-state index in [4.69, 9.17) is 16.3 Å². The molecule has 9 heteroatoms. The number of carbonyl (C=O) groups excluding carboxylic acids is 2. The predicted molar refractivity (Wildman–Crippen MR) is 131 cm³/mol. The van der Waals surface area contributed by atoms with Gasteiger partial charge in [-0.2, -0.15) is 0 Å². The first-order valence-electron chi connectivity index (χ1n) is 10.5. The van der Waals surface area contributed by atoms with Gasteiger partial charge in [0.05, 0.1) is 33.5 Å². The number of para-hydroxylation sites is 1. The van der Waals surface area contributed by atoms with Crippen LogP contribution in [0.25, 0.3) is 16.0 Å². The van der Waals surface area contributed by atoms with E-state index in [-0.39, 0.29) is 11.3 Å². The third-order valence-corrected chi connectivity index (χ3v) is 6.79. The lowest BCUT2D eigenvalue weighted by Crippen LogP contribution is -2.29. The Morgan fingerprint density at radius 2 is 2.00 bits per heavy atom. The van der Waals surface area contributed by atoms with Gasteiger partial charge < -0.3 is 9.84 Å². The molecule has 1 aliphatic rings. The number of aromatic nitrogens is 2. The fourth-order valence-corrected chi connectivity index (χ4v) is 5.08. The van der Waals surface area contributed by atoms with Gasteiger partial charge in [-0.15, -0.1) is 0 Å². The molecule has 1 amide bonds. The van der Waals surface area contributed by atoms with Crippen LogP contribution >= 0.6 is 22.9 Å². The zero-order chi connectivity index (χ0) is 23.8. The highest BCUT2D eigenvalue weighted by atomic mass is 35.5. The number of anilines is 1. The Bertz CT molecular complexity index is 1420. The van der Waals surface area contributed by atoms with E-state index < -0.39 is 17.7 Å². The number of hydrogen-bond acceptors (Lipinski definition) is 7. The molecule has 34 heavy (non-hydrogen) atoms. The van der Waals surface area contributed by atoms with Crippen molar-refractivity contribution in [1.29, 1.82) is 0 Å². The molecule has 0 bridgehead atoms. The second-order valence-electron chi connectivity index (χ2n) is 7.50. The van der Waals surface area contributed by atoms with Crippen LogP contribution in [0.15, 0.2) is 72.6 Å². The number of pyridine rings is 1. The number of ether oxygens (including phenoxy) is 1. The van der Waals surface area contributed by atoms with Gasteiger partial charge in [-0.3, -0.25) is 19.5 Å². The average Bonchev–Trinajstić information content (AvgIpc) is 3.39. The highest BCUT2D eigenvalue weighted by molar-refractivity contribution is 7.22. The van der Waals surface area contributed by atoms with Crippen molar-refractivity contribution < 1.29 is 19.4 Å². The molecule has 1 unspecified atom stereocenters. The summed E-state index contributed by atoms with van der Waals surface area (Å²) in [6.45, 7) is 2.19. The van der Waals surface area contributed by atoms with Gasteiger partial charge >= 0.3 is 5.91 Å². The Balaban J connectivity index is 1.71. The zero-order valence-electron chi connectivity index (χ0n) is 17.9. The van der Waals surface area contributed by atoms with Crippen LogP contribution in [0.5, 0.6) is 5.75 Å². The molecule has 2 aromatic heterocycles. The molecule has 1 atom stereocenters. The Kier molecular flexibility index (Phi) is 5.77. The number of Topliss-reactive ketones (excluding diaryl/α,β-unsaturated/α-hetero) is 1. The van der Waals surface area contributed by atoms with Gasteiger partial charge in [0.2, 0.25) is 0 Å². The summed E-state index contributed by atoms with van der Waals surface area (Å²) in [4.78, 5) is 36.6. The fourth-order valence-electron chi connectivity index (χ4n) is 3.92. The number of rotatable bonds is 5. The molecule has 1 N–H and O–H groups in total. The van der Waals surface area contributed by atoms with E-state index in [0.29, 0.717) is 39.2 Å². The maximum absolute atomic E-state index is 13.3. The van der Waals surface area contributed by atoms with E-state index in [2.05, 4.69) is 9.97 Å². The molecule has 0 radical (unpaired) electrons. The van der Waals surface area contributed by atoms with Gasteiger partial charge in [0.1, 0.15) is 11.5 Å². The SMILES string of the molecule is CCOc1cc(/C(O)=C2\C(=O)C(=O)N(c3nc4ccccc4s3)C2c2cccnc2)ccc1Cl. The third-order valence-electron chi connectivity index (χ3n) is 5.44. The predicted octanol–water partition coefficient (Wildman–Crippen LogP) is 5.37. The summed E-state index contributed by atoms with van der Waals surface area (Å²) < 4.78 is 6.41. The number of halogens is 1. The number of aliphatic hydroxyl groups is 1. The molecule has 3 heterocycles. The van der Waals surface area contributed by atoms with Gasteiger partial charge in [0, 0.05) is 18.0 Å². The third kappa shape index (κ3) is 3.70. The molecule has 1 aliphatic heterocycles. The summed E-state index contributed by atoms with van der Waals surface area (Å²) >= 11 is 7.49. The van der Waals surface area contributed by atoms with Crippen molar-refractivity contribution in [2.75, 3.05) is 11.5 Å². The van der Waals surface area contributed by atoms with Crippen molar-refractivity contribution in [1.82, 2.24) is 9.97 Å². The normalized spacial score (nSPS) is 17.5. The van der Waals surface area contributed by atoms with Crippen molar-refractivity contribution in [3.05, 3.63) is 88.7 Å². The molecule has 0 aliphatic carbocycles. The minimum absolute atomic E-state index is 0.0537. The second kappa shape index (κ2) is 8.89. The van der Waals surface area contributed by atoms with E-state index in [1.165, 1.54) is 16.2 Å². The van der Waals surface area contributed by atoms with Crippen LogP contribution in [0, 0.1) is 0 Å². The maximum Gasteiger partial charge on any atom is 0.301 e. The second-order valence-corrected chi connectivity index (χ2v) is 8.91. The molecule has 2 aromatic carbocycles. The number of thiazole rings is 1. The first-order chi connectivity index (χ1) is 16.5. The molecule has 7 nitrogen and oxygen atoms in total. The molecular weight excluding hydrogens is 474 g/mol. The van der Waals surface area contributed by atoms with Crippen LogP contribution in [-0.2, 0) is 9.59 Å². The van der Waals surface area contributed by atoms with Crippen molar-refractivity contribution in [2.45, 2.75) is 13.0 Å². The summed E-state index contributed by atoms with van der Waals surface area (Å²) in [7, 11) is 0. The summed E-state index contributed by atoms with van der Waals surface area (Å²) in [5.74, 6) is -1.54. The Morgan fingerprint density at radius 1 is 1.18 bits per heavy atom. The largest absolute Gasteiger partial charge is 0.507 e. The minimum Gasteiger partial charge on any atom is -0.507 e. The maximum atomic E-state index is 13.3. The van der Waals surface area contributed by atoms with Crippen molar-refractivity contribution >= 4 is 55.7 Å². The van der Waals surface area contributed by atoms with Gasteiger partial charge in [0.15, 0.2) is 5.13 Å². The van der Waals surface area contributed by atoms with Crippen molar-refractivity contribution in [2.24, 2.45) is 0 Å². The van der Waals surface area contributed by atoms with E-state index in [9.17, 15) is 14.7 Å². The molecule has 0 spiro atoms. The summed E-state index contributed by atoms with van der Waals surface area (Å²) in [5, 5.41) is 12.0. The van der Waals surface area contributed by atoms with E-state index in [1.54, 1.807) is 42.7 Å². The van der Waals surface area contributed by atoms with Gasteiger partial charge in [-0.25, -0.2) is 4.98 Å². The summed E-state index contributed by atoms with van der Waals surface area (Å²) in [6.07, 6.45) is 3.17. The first kappa shape index (κ1) is 22.1. The first-order valence-corrected chi connectivity index (χ1v) is 11.7. The molecule has 1 saturated heterocycles. The molecule has 5 rings (SSSR count). The standard InChI is InChI=1S/C25H18ClN3O4S/c1-2-33-18-12-14(9-10-16(18)26)22(30)20-21(15-6-5-11-27-13-15)29(24(32)23(20)31)25-28-17-7-3-4-8-19(17)34-25/h3-13,21,30H,2H2,1H3/b22-20+. The van der Waals surface area contributed by atoms with Crippen LogP contribution in [0.1, 0.15) is 24.1 Å². The smallest absolute Gasteiger partial charge is 0.301 e. The van der Waals surface area contributed by atoms with Crippen LogP contribution in [0.3, 0.4) is 0 Å². The molecule has 170 valence electrons. The molecular formula is C25H18ClN3O4S. The molecule has 1 fully saturated rings. The van der Waals surface area contributed by atoms with E-state index in [0.717, 1.165) is 4.70 Å². The molecule has 4 aromatic rings.